The van der Waals surface area contributed by atoms with E-state index in [0.29, 0.717) is 42.2 Å². The lowest BCUT2D eigenvalue weighted by atomic mass is 10.1. The molecular formula is C22H22FN3O3. The maximum absolute atomic E-state index is 14.8. The highest BCUT2D eigenvalue weighted by Gasteiger charge is 2.16. The number of morpholine rings is 1. The second-order valence-electron chi connectivity index (χ2n) is 6.68. The maximum Gasteiger partial charge on any atom is 0.259 e. The molecule has 1 aliphatic heterocycles. The van der Waals surface area contributed by atoms with Crippen molar-refractivity contribution >= 4 is 28.3 Å². The number of halogens is 1. The maximum atomic E-state index is 14.8. The molecular weight excluding hydrogens is 373 g/mol. The van der Waals surface area contributed by atoms with Gasteiger partial charge in [0.15, 0.2) is 5.82 Å². The Morgan fingerprint density at radius 1 is 1.21 bits per heavy atom. The summed E-state index contributed by atoms with van der Waals surface area (Å²) in [5.41, 5.74) is 1.05. The minimum absolute atomic E-state index is 0.279. The van der Waals surface area contributed by atoms with Gasteiger partial charge in [0, 0.05) is 24.2 Å². The molecule has 1 aliphatic rings. The van der Waals surface area contributed by atoms with E-state index in [9.17, 15) is 9.18 Å². The minimum atomic E-state index is -0.481. The van der Waals surface area contributed by atoms with Crippen molar-refractivity contribution in [2.45, 2.75) is 6.92 Å². The molecule has 0 saturated carbocycles. The van der Waals surface area contributed by atoms with E-state index in [1.165, 1.54) is 6.07 Å². The number of carbonyl (C=O) groups is 1. The molecule has 1 fully saturated rings. The number of nitrogens with one attached hydrogen (secondary N) is 1. The predicted octanol–water partition coefficient (Wildman–Crippen LogP) is 3.86. The minimum Gasteiger partial charge on any atom is -0.493 e. The molecule has 0 unspecified atom stereocenters. The molecule has 7 heteroatoms. The summed E-state index contributed by atoms with van der Waals surface area (Å²) in [5.74, 6) is 0.379. The van der Waals surface area contributed by atoms with Gasteiger partial charge in [-0.25, -0.2) is 9.37 Å². The Morgan fingerprint density at radius 2 is 2.00 bits per heavy atom. The van der Waals surface area contributed by atoms with Crippen LogP contribution in [0, 0.1) is 5.82 Å². The van der Waals surface area contributed by atoms with E-state index in [2.05, 4.69) is 15.2 Å². The van der Waals surface area contributed by atoms with Gasteiger partial charge in [0.1, 0.15) is 17.1 Å². The molecule has 3 aromatic rings. The van der Waals surface area contributed by atoms with Gasteiger partial charge in [0.2, 0.25) is 0 Å². The van der Waals surface area contributed by atoms with Crippen molar-refractivity contribution in [1.82, 2.24) is 4.98 Å². The van der Waals surface area contributed by atoms with E-state index in [0.717, 1.165) is 18.9 Å². The molecule has 0 spiro atoms. The first-order chi connectivity index (χ1) is 14.2. The summed E-state index contributed by atoms with van der Waals surface area (Å²) in [4.78, 5) is 19.2. The van der Waals surface area contributed by atoms with E-state index in [1.54, 1.807) is 30.3 Å². The van der Waals surface area contributed by atoms with Crippen LogP contribution in [-0.2, 0) is 4.74 Å². The molecule has 1 N–H and O–H groups in total. The first-order valence-corrected chi connectivity index (χ1v) is 9.62. The molecule has 1 aromatic heterocycles. The average molecular weight is 395 g/mol. The van der Waals surface area contributed by atoms with Crippen LogP contribution in [0.3, 0.4) is 0 Å². The summed E-state index contributed by atoms with van der Waals surface area (Å²) in [7, 11) is 0. The highest BCUT2D eigenvalue weighted by Crippen LogP contribution is 2.26. The van der Waals surface area contributed by atoms with Crippen LogP contribution < -0.4 is 15.0 Å². The third kappa shape index (κ3) is 4.14. The molecule has 1 saturated heterocycles. The lowest BCUT2D eigenvalue weighted by molar-refractivity contribution is 0.102. The molecule has 2 aromatic carbocycles. The fraction of sp³-hybridized carbons (Fsp3) is 0.273. The number of pyridine rings is 1. The van der Waals surface area contributed by atoms with Gasteiger partial charge < -0.3 is 19.7 Å². The van der Waals surface area contributed by atoms with Gasteiger partial charge in [0.05, 0.1) is 25.4 Å². The van der Waals surface area contributed by atoms with E-state index < -0.39 is 5.82 Å². The summed E-state index contributed by atoms with van der Waals surface area (Å²) in [6.07, 6.45) is 0. The van der Waals surface area contributed by atoms with Crippen LogP contribution in [-0.4, -0.2) is 43.8 Å². The molecule has 4 rings (SSSR count). The number of carbonyl (C=O) groups excluding carboxylic acids is 1. The Bertz CT molecular complexity index is 1030. The lowest BCUT2D eigenvalue weighted by Gasteiger charge is -2.28. The number of benzene rings is 2. The van der Waals surface area contributed by atoms with E-state index in [-0.39, 0.29) is 11.4 Å². The smallest absolute Gasteiger partial charge is 0.259 e. The number of nitrogens with zero attached hydrogens (tertiary/aromatic N) is 2. The number of hydrogen-bond acceptors (Lipinski definition) is 5. The zero-order chi connectivity index (χ0) is 20.2. The zero-order valence-electron chi connectivity index (χ0n) is 16.2. The summed E-state index contributed by atoms with van der Waals surface area (Å²) in [6.45, 7) is 5.03. The quantitative estimate of drug-likeness (QED) is 0.711. The monoisotopic (exact) mass is 395 g/mol. The number of fused-ring (bicyclic) bond motifs is 1. The first kappa shape index (κ1) is 19.1. The van der Waals surface area contributed by atoms with Crippen LogP contribution in [0.5, 0.6) is 5.75 Å². The number of para-hydroxylation sites is 1. The molecule has 0 atom stereocenters. The predicted molar refractivity (Wildman–Crippen MR) is 110 cm³/mol. The van der Waals surface area contributed by atoms with Gasteiger partial charge in [-0.1, -0.05) is 12.1 Å². The van der Waals surface area contributed by atoms with Gasteiger partial charge >= 0.3 is 0 Å². The number of rotatable bonds is 5. The Hall–Kier alpha value is -3.19. The van der Waals surface area contributed by atoms with Crippen LogP contribution in [0.2, 0.25) is 0 Å². The van der Waals surface area contributed by atoms with Gasteiger partial charge in [-0.15, -0.1) is 0 Å². The largest absolute Gasteiger partial charge is 0.493 e. The molecule has 2 heterocycles. The summed E-state index contributed by atoms with van der Waals surface area (Å²) in [5, 5.41) is 3.38. The Balaban J connectivity index is 1.59. The Kier molecular flexibility index (Phi) is 5.57. The van der Waals surface area contributed by atoms with Crippen molar-refractivity contribution in [2.75, 3.05) is 43.1 Å². The molecule has 150 valence electrons. The molecule has 0 radical (unpaired) electrons. The topological polar surface area (TPSA) is 63.7 Å². The van der Waals surface area contributed by atoms with Crippen molar-refractivity contribution in [2.24, 2.45) is 0 Å². The van der Waals surface area contributed by atoms with E-state index in [4.69, 9.17) is 9.47 Å². The third-order valence-corrected chi connectivity index (χ3v) is 4.76. The normalized spacial score (nSPS) is 14.1. The molecule has 0 bridgehead atoms. The molecule has 29 heavy (non-hydrogen) atoms. The highest BCUT2D eigenvalue weighted by atomic mass is 19.1. The van der Waals surface area contributed by atoms with Crippen molar-refractivity contribution in [1.29, 1.82) is 0 Å². The molecule has 0 aliphatic carbocycles. The van der Waals surface area contributed by atoms with Crippen LogP contribution in [0.1, 0.15) is 17.3 Å². The van der Waals surface area contributed by atoms with Crippen molar-refractivity contribution in [3.05, 3.63) is 59.9 Å². The Labute approximate surface area is 168 Å². The standard InChI is InChI=1S/C22H22FN3O3/c1-2-29-19-6-4-3-5-17(19)22(27)24-16-13-15-7-8-20(25-21(15)18(23)14-16)26-9-11-28-12-10-26/h3-8,13-14H,2,9-12H2,1H3,(H,24,27). The average Bonchev–Trinajstić information content (AvgIpc) is 2.75. The van der Waals surface area contributed by atoms with E-state index in [1.807, 2.05) is 19.1 Å². The summed E-state index contributed by atoms with van der Waals surface area (Å²) >= 11 is 0. The van der Waals surface area contributed by atoms with Crippen molar-refractivity contribution in [3.8, 4) is 5.75 Å². The van der Waals surface area contributed by atoms with Crippen LogP contribution in [0.4, 0.5) is 15.9 Å². The third-order valence-electron chi connectivity index (χ3n) is 4.76. The highest BCUT2D eigenvalue weighted by molar-refractivity contribution is 6.07. The van der Waals surface area contributed by atoms with E-state index >= 15 is 0 Å². The molecule has 1 amide bonds. The number of ether oxygens (including phenoxy) is 2. The second kappa shape index (κ2) is 8.45. The van der Waals surface area contributed by atoms with Crippen LogP contribution in [0.25, 0.3) is 10.9 Å². The zero-order valence-corrected chi connectivity index (χ0v) is 16.2. The Morgan fingerprint density at radius 3 is 2.79 bits per heavy atom. The van der Waals surface area contributed by atoms with Crippen LogP contribution in [0.15, 0.2) is 48.5 Å². The summed E-state index contributed by atoms with van der Waals surface area (Å²) < 4.78 is 25.6. The summed E-state index contributed by atoms with van der Waals surface area (Å²) in [6, 6.07) is 13.7. The lowest BCUT2D eigenvalue weighted by Crippen LogP contribution is -2.36. The number of amides is 1. The van der Waals surface area contributed by atoms with Gasteiger partial charge in [-0.3, -0.25) is 4.79 Å². The number of hydrogen-bond donors (Lipinski definition) is 1. The van der Waals surface area contributed by atoms with Crippen LogP contribution >= 0.6 is 0 Å². The van der Waals surface area contributed by atoms with Gasteiger partial charge in [-0.2, -0.15) is 0 Å². The fourth-order valence-corrected chi connectivity index (χ4v) is 3.36. The number of aromatic nitrogens is 1. The van der Waals surface area contributed by atoms with Gasteiger partial charge in [0.25, 0.3) is 5.91 Å². The van der Waals surface area contributed by atoms with Crippen molar-refractivity contribution in [3.63, 3.8) is 0 Å². The second-order valence-corrected chi connectivity index (χ2v) is 6.68. The SMILES string of the molecule is CCOc1ccccc1C(=O)Nc1cc(F)c2nc(N3CCOCC3)ccc2c1. The molecule has 6 nitrogen and oxygen atoms in total. The fourth-order valence-electron chi connectivity index (χ4n) is 3.36. The van der Waals surface area contributed by atoms with Crippen molar-refractivity contribution < 1.29 is 18.7 Å². The van der Waals surface area contributed by atoms with Gasteiger partial charge in [-0.05, 0) is 43.3 Å². The first-order valence-electron chi connectivity index (χ1n) is 9.62. The number of anilines is 2.